The van der Waals surface area contributed by atoms with E-state index in [1.165, 1.54) is 34.6 Å². The van der Waals surface area contributed by atoms with Gasteiger partial charge in [-0.25, -0.2) is 9.37 Å². The average Bonchev–Trinajstić information content (AvgIpc) is 3.24. The quantitative estimate of drug-likeness (QED) is 0.609. The highest BCUT2D eigenvalue weighted by molar-refractivity contribution is 7.25. The van der Waals surface area contributed by atoms with Crippen LogP contribution in [0.1, 0.15) is 5.76 Å². The topological polar surface area (TPSA) is 77.1 Å². The Bertz CT molecular complexity index is 1130. The minimum atomic E-state index is -0.412. The van der Waals surface area contributed by atoms with Crippen LogP contribution in [0, 0.1) is 5.82 Å². The van der Waals surface area contributed by atoms with Crippen LogP contribution in [-0.4, -0.2) is 15.5 Å². The monoisotopic (exact) mass is 357 g/mol. The Labute approximate surface area is 144 Å². The van der Waals surface area contributed by atoms with Crippen molar-refractivity contribution in [3.8, 4) is 0 Å². The lowest BCUT2D eigenvalue weighted by atomic mass is 10.2. The van der Waals surface area contributed by atoms with E-state index in [4.69, 9.17) is 4.42 Å². The number of carbonyl (C=O) groups is 1. The van der Waals surface area contributed by atoms with Gasteiger partial charge in [-0.05, 0) is 24.3 Å². The van der Waals surface area contributed by atoms with Gasteiger partial charge in [0.2, 0.25) is 5.91 Å². The fourth-order valence-electron chi connectivity index (χ4n) is 2.59. The van der Waals surface area contributed by atoms with Crippen LogP contribution >= 0.6 is 11.3 Å². The molecular formula is C17H12FN3O3S. The summed E-state index contributed by atoms with van der Waals surface area (Å²) in [4.78, 5) is 28.8. The maximum absolute atomic E-state index is 14.0. The third-order valence-electron chi connectivity index (χ3n) is 3.77. The van der Waals surface area contributed by atoms with Gasteiger partial charge < -0.3 is 9.73 Å². The minimum Gasteiger partial charge on any atom is -0.467 e. The second-order valence-electron chi connectivity index (χ2n) is 5.43. The van der Waals surface area contributed by atoms with Crippen LogP contribution in [0.25, 0.3) is 20.3 Å². The molecule has 0 atom stereocenters. The van der Waals surface area contributed by atoms with Gasteiger partial charge in [-0.1, -0.05) is 6.07 Å². The Morgan fingerprint density at radius 1 is 1.32 bits per heavy atom. The molecule has 4 rings (SSSR count). The predicted octanol–water partition coefficient (Wildman–Crippen LogP) is 2.66. The summed E-state index contributed by atoms with van der Waals surface area (Å²) in [6.45, 7) is 0.0730. The largest absolute Gasteiger partial charge is 0.467 e. The fraction of sp³-hybridized carbons (Fsp3) is 0.118. The lowest BCUT2D eigenvalue weighted by Gasteiger charge is -2.06. The molecule has 0 aliphatic carbocycles. The first-order valence-electron chi connectivity index (χ1n) is 7.49. The summed E-state index contributed by atoms with van der Waals surface area (Å²) in [5.74, 6) is -0.134. The number of rotatable bonds is 4. The number of nitrogens with one attached hydrogen (secondary N) is 1. The Kier molecular flexibility index (Phi) is 3.81. The summed E-state index contributed by atoms with van der Waals surface area (Å²) >= 11 is 1.17. The zero-order valence-corrected chi connectivity index (χ0v) is 13.7. The number of hydrogen-bond acceptors (Lipinski definition) is 5. The molecule has 1 amide bonds. The van der Waals surface area contributed by atoms with Gasteiger partial charge in [0, 0.05) is 4.70 Å². The molecule has 0 bridgehead atoms. The molecule has 3 aromatic heterocycles. The molecule has 0 saturated carbocycles. The van der Waals surface area contributed by atoms with Crippen LogP contribution in [0.3, 0.4) is 0 Å². The van der Waals surface area contributed by atoms with Crippen LogP contribution in [0.15, 0.2) is 52.1 Å². The standard InChI is InChI=1S/C17H12FN3O3S/c18-11-4-1-5-12-14(11)15-16(25-12)17(23)21(9-20-15)8-13(22)19-7-10-3-2-6-24-10/h1-6,9H,7-8H2,(H,19,22). The van der Waals surface area contributed by atoms with Gasteiger partial charge in [-0.3, -0.25) is 14.2 Å². The Morgan fingerprint density at radius 2 is 2.20 bits per heavy atom. The van der Waals surface area contributed by atoms with Crippen LogP contribution in [-0.2, 0) is 17.9 Å². The van der Waals surface area contributed by atoms with Crippen LogP contribution < -0.4 is 10.9 Å². The average molecular weight is 357 g/mol. The molecule has 0 radical (unpaired) electrons. The van der Waals surface area contributed by atoms with E-state index in [1.54, 1.807) is 24.3 Å². The van der Waals surface area contributed by atoms with Crippen molar-refractivity contribution in [3.05, 3.63) is 64.9 Å². The molecule has 1 aromatic carbocycles. The second kappa shape index (κ2) is 6.14. The summed E-state index contributed by atoms with van der Waals surface area (Å²) in [6.07, 6.45) is 2.79. The zero-order chi connectivity index (χ0) is 17.4. The number of carbonyl (C=O) groups excluding carboxylic acids is 1. The molecule has 0 fully saturated rings. The van der Waals surface area contributed by atoms with Gasteiger partial charge in [-0.15, -0.1) is 11.3 Å². The van der Waals surface area contributed by atoms with Gasteiger partial charge in [-0.2, -0.15) is 0 Å². The van der Waals surface area contributed by atoms with Crippen molar-refractivity contribution in [1.82, 2.24) is 14.9 Å². The molecule has 3 heterocycles. The number of thiophene rings is 1. The maximum atomic E-state index is 14.0. The third kappa shape index (κ3) is 2.80. The lowest BCUT2D eigenvalue weighted by molar-refractivity contribution is -0.122. The Morgan fingerprint density at radius 3 is 3.00 bits per heavy atom. The summed E-state index contributed by atoms with van der Waals surface area (Å²) < 4.78 is 21.3. The first kappa shape index (κ1) is 15.5. The molecule has 0 aliphatic heterocycles. The Balaban J connectivity index is 1.63. The second-order valence-corrected chi connectivity index (χ2v) is 6.48. The van der Waals surface area contributed by atoms with Gasteiger partial charge in [0.05, 0.1) is 30.0 Å². The van der Waals surface area contributed by atoms with Gasteiger partial charge in [0.15, 0.2) is 0 Å². The third-order valence-corrected chi connectivity index (χ3v) is 4.91. The fourth-order valence-corrected chi connectivity index (χ4v) is 3.71. The number of halogens is 1. The molecule has 0 spiro atoms. The SMILES string of the molecule is O=C(Cn1cnc2c(sc3cccc(F)c32)c1=O)NCc1ccco1. The number of furan rings is 1. The number of aromatic nitrogens is 2. The maximum Gasteiger partial charge on any atom is 0.271 e. The van der Waals surface area contributed by atoms with E-state index in [0.29, 0.717) is 26.1 Å². The first-order chi connectivity index (χ1) is 12.1. The lowest BCUT2D eigenvalue weighted by Crippen LogP contribution is -2.31. The van der Waals surface area contributed by atoms with Crippen molar-refractivity contribution >= 4 is 37.5 Å². The number of benzene rings is 1. The zero-order valence-electron chi connectivity index (χ0n) is 12.9. The Hall–Kier alpha value is -3.00. The van der Waals surface area contributed by atoms with Gasteiger partial charge in [0.1, 0.15) is 22.8 Å². The number of hydrogen-bond donors (Lipinski definition) is 1. The van der Waals surface area contributed by atoms with E-state index in [0.717, 1.165) is 0 Å². The highest BCUT2D eigenvalue weighted by Gasteiger charge is 2.15. The number of nitrogens with zero attached hydrogens (tertiary/aromatic N) is 2. The van der Waals surface area contributed by atoms with Gasteiger partial charge >= 0.3 is 0 Å². The molecule has 6 nitrogen and oxygen atoms in total. The van der Waals surface area contributed by atoms with Crippen LogP contribution in [0.4, 0.5) is 4.39 Å². The number of fused-ring (bicyclic) bond motifs is 3. The van der Waals surface area contributed by atoms with E-state index < -0.39 is 5.82 Å². The predicted molar refractivity (Wildman–Crippen MR) is 91.9 cm³/mol. The molecule has 8 heteroatoms. The first-order valence-corrected chi connectivity index (χ1v) is 8.30. The van der Waals surface area contributed by atoms with E-state index in [9.17, 15) is 14.0 Å². The summed E-state index contributed by atoms with van der Waals surface area (Å²) in [5, 5.41) is 3.01. The molecule has 0 aliphatic rings. The summed E-state index contributed by atoms with van der Waals surface area (Å²) in [5.41, 5.74) is -0.0332. The molecule has 4 aromatic rings. The molecule has 0 unspecified atom stereocenters. The van der Waals surface area contributed by atoms with E-state index in [-0.39, 0.29) is 24.6 Å². The van der Waals surface area contributed by atoms with Crippen molar-refractivity contribution in [2.24, 2.45) is 0 Å². The minimum absolute atomic E-state index is 0.167. The smallest absolute Gasteiger partial charge is 0.271 e. The van der Waals surface area contributed by atoms with Crippen LogP contribution in [0.5, 0.6) is 0 Å². The van der Waals surface area contributed by atoms with E-state index >= 15 is 0 Å². The highest BCUT2D eigenvalue weighted by atomic mass is 32.1. The van der Waals surface area contributed by atoms with Crippen molar-refractivity contribution in [1.29, 1.82) is 0 Å². The highest BCUT2D eigenvalue weighted by Crippen LogP contribution is 2.31. The van der Waals surface area contributed by atoms with Crippen molar-refractivity contribution in [2.45, 2.75) is 13.1 Å². The number of amides is 1. The van der Waals surface area contributed by atoms with Crippen molar-refractivity contribution < 1.29 is 13.6 Å². The van der Waals surface area contributed by atoms with E-state index in [2.05, 4.69) is 10.3 Å². The summed E-state index contributed by atoms with van der Waals surface area (Å²) in [6, 6.07) is 8.14. The van der Waals surface area contributed by atoms with Crippen LogP contribution in [0.2, 0.25) is 0 Å². The molecule has 25 heavy (non-hydrogen) atoms. The van der Waals surface area contributed by atoms with Crippen molar-refractivity contribution in [2.75, 3.05) is 0 Å². The molecule has 1 N–H and O–H groups in total. The summed E-state index contributed by atoms with van der Waals surface area (Å²) in [7, 11) is 0. The van der Waals surface area contributed by atoms with Crippen molar-refractivity contribution in [3.63, 3.8) is 0 Å². The van der Waals surface area contributed by atoms with Gasteiger partial charge in [0.25, 0.3) is 5.56 Å². The molecular weight excluding hydrogens is 345 g/mol. The van der Waals surface area contributed by atoms with E-state index in [1.807, 2.05) is 0 Å². The normalized spacial score (nSPS) is 11.2. The molecule has 0 saturated heterocycles. The molecule has 126 valence electrons.